The number of amides is 5. The van der Waals surface area contributed by atoms with Crippen LogP contribution in [0.4, 0.5) is 18.9 Å². The first kappa shape index (κ1) is 29.1. The molecule has 3 aliphatic rings. The van der Waals surface area contributed by atoms with Crippen LogP contribution in [0.5, 0.6) is 0 Å². The summed E-state index contributed by atoms with van der Waals surface area (Å²) in [6, 6.07) is 3.51. The molecule has 210 valence electrons. The molecule has 2 saturated heterocycles. The number of carboxylic acid groups (broad SMARTS) is 2. The lowest BCUT2D eigenvalue weighted by Crippen LogP contribution is -2.54. The van der Waals surface area contributed by atoms with Gasteiger partial charge in [0.2, 0.25) is 17.7 Å². The number of alkyl halides is 3. The second-order valence-electron chi connectivity index (χ2n) is 8.85. The van der Waals surface area contributed by atoms with Gasteiger partial charge in [-0.2, -0.15) is 13.2 Å². The minimum absolute atomic E-state index is 0.0244. The van der Waals surface area contributed by atoms with E-state index in [1.54, 1.807) is 12.1 Å². The SMILES string of the molecule is O=C(O)C(F)(F)F.O=C1CCC(N2C(=O)c3cccc(NCC(=O)N4CCC[C@H](C(=O)O)C4)c3C2=O)C(=O)N1. The first-order chi connectivity index (χ1) is 18.2. The minimum atomic E-state index is -5.08. The smallest absolute Gasteiger partial charge is 0.481 e. The number of aliphatic carboxylic acids is 2. The predicted octanol–water partition coefficient (Wildman–Crippen LogP) is 0.456. The van der Waals surface area contributed by atoms with Crippen LogP contribution in [-0.4, -0.2) is 93.3 Å². The molecule has 0 radical (unpaired) electrons. The monoisotopic (exact) mass is 556 g/mol. The fourth-order valence-corrected chi connectivity index (χ4v) is 4.35. The number of rotatable bonds is 5. The molecule has 16 heteroatoms. The Bertz CT molecular complexity index is 1230. The summed E-state index contributed by atoms with van der Waals surface area (Å²) in [6.07, 6.45) is -3.89. The molecule has 0 spiro atoms. The Morgan fingerprint density at radius 3 is 2.31 bits per heavy atom. The van der Waals surface area contributed by atoms with E-state index in [-0.39, 0.29) is 48.7 Å². The first-order valence-corrected chi connectivity index (χ1v) is 11.6. The highest BCUT2D eigenvalue weighted by atomic mass is 19.4. The van der Waals surface area contributed by atoms with E-state index in [1.807, 2.05) is 0 Å². The molecular weight excluding hydrogens is 533 g/mol. The van der Waals surface area contributed by atoms with Crippen LogP contribution in [0.15, 0.2) is 18.2 Å². The molecule has 39 heavy (non-hydrogen) atoms. The van der Waals surface area contributed by atoms with E-state index >= 15 is 0 Å². The van der Waals surface area contributed by atoms with Crippen molar-refractivity contribution in [3.8, 4) is 0 Å². The highest BCUT2D eigenvalue weighted by Crippen LogP contribution is 2.32. The lowest BCUT2D eigenvalue weighted by atomic mass is 9.98. The Morgan fingerprint density at radius 1 is 1.05 bits per heavy atom. The third kappa shape index (κ3) is 6.50. The average Bonchev–Trinajstić information content (AvgIpc) is 3.12. The Hall–Kier alpha value is -4.50. The summed E-state index contributed by atoms with van der Waals surface area (Å²) in [5, 5.41) is 21.4. The molecule has 0 aromatic heterocycles. The van der Waals surface area contributed by atoms with Crippen LogP contribution in [0, 0.1) is 5.92 Å². The van der Waals surface area contributed by atoms with Crippen molar-refractivity contribution in [2.45, 2.75) is 37.9 Å². The van der Waals surface area contributed by atoms with Gasteiger partial charge in [-0.3, -0.25) is 39.0 Å². The predicted molar refractivity (Wildman–Crippen MR) is 122 cm³/mol. The van der Waals surface area contributed by atoms with Gasteiger partial charge in [-0.1, -0.05) is 6.07 Å². The molecule has 0 aliphatic carbocycles. The molecule has 2 fully saturated rings. The Labute approximate surface area is 217 Å². The maximum atomic E-state index is 13.1. The van der Waals surface area contributed by atoms with Crippen molar-refractivity contribution in [1.82, 2.24) is 15.1 Å². The molecule has 4 rings (SSSR count). The quantitative estimate of drug-likeness (QED) is 0.371. The molecule has 1 unspecified atom stereocenters. The summed E-state index contributed by atoms with van der Waals surface area (Å²) in [5.41, 5.74) is 0.453. The van der Waals surface area contributed by atoms with Crippen LogP contribution < -0.4 is 10.6 Å². The third-order valence-corrected chi connectivity index (χ3v) is 6.26. The van der Waals surface area contributed by atoms with Gasteiger partial charge in [0.05, 0.1) is 23.6 Å². The number of piperidine rings is 2. The standard InChI is InChI=1S/C21H22N4O7.C2HF3O2/c26-15-7-6-14(18(28)23-15)25-19(29)12-4-1-5-13(17(12)20(25)30)22-9-16(27)24-8-2-3-11(10-24)21(31)32;3-2(4,5)1(6)7/h1,4-5,11,14,22H,2-3,6-10H2,(H,31,32)(H,23,26,28);(H,6,7)/t11-,14?;/m0./s1. The van der Waals surface area contributed by atoms with Gasteiger partial charge in [-0.25, -0.2) is 4.79 Å². The summed E-state index contributed by atoms with van der Waals surface area (Å²) in [6.45, 7) is 0.407. The summed E-state index contributed by atoms with van der Waals surface area (Å²) in [7, 11) is 0. The number of fused-ring (bicyclic) bond motifs is 1. The zero-order chi connectivity index (χ0) is 29.1. The molecule has 4 N–H and O–H groups in total. The molecule has 2 atom stereocenters. The van der Waals surface area contributed by atoms with Crippen LogP contribution in [-0.2, 0) is 24.0 Å². The number of benzene rings is 1. The number of carboxylic acids is 2. The maximum Gasteiger partial charge on any atom is 0.490 e. The fourth-order valence-electron chi connectivity index (χ4n) is 4.35. The van der Waals surface area contributed by atoms with Gasteiger partial charge in [0, 0.05) is 25.2 Å². The second-order valence-corrected chi connectivity index (χ2v) is 8.85. The molecule has 1 aromatic rings. The van der Waals surface area contributed by atoms with E-state index in [0.29, 0.717) is 19.4 Å². The summed E-state index contributed by atoms with van der Waals surface area (Å²) >= 11 is 0. The van der Waals surface area contributed by atoms with E-state index in [1.165, 1.54) is 11.0 Å². The number of carbonyl (C=O) groups is 7. The number of likely N-dealkylation sites (tertiary alicyclic amines) is 1. The fraction of sp³-hybridized carbons (Fsp3) is 0.435. The number of halogens is 3. The Kier molecular flexibility index (Phi) is 8.56. The van der Waals surface area contributed by atoms with Crippen LogP contribution in [0.2, 0.25) is 0 Å². The van der Waals surface area contributed by atoms with Crippen LogP contribution in [0.1, 0.15) is 46.4 Å². The molecule has 0 bridgehead atoms. The van der Waals surface area contributed by atoms with Crippen molar-refractivity contribution in [1.29, 1.82) is 0 Å². The van der Waals surface area contributed by atoms with Crippen LogP contribution in [0.25, 0.3) is 0 Å². The van der Waals surface area contributed by atoms with Crippen LogP contribution >= 0.6 is 0 Å². The zero-order valence-corrected chi connectivity index (χ0v) is 20.1. The van der Waals surface area contributed by atoms with Crippen molar-refractivity contribution in [3.63, 3.8) is 0 Å². The van der Waals surface area contributed by atoms with Crippen molar-refractivity contribution >= 4 is 47.2 Å². The van der Waals surface area contributed by atoms with E-state index in [0.717, 1.165) is 4.90 Å². The molecule has 5 amide bonds. The number of nitrogens with zero attached hydrogens (tertiary/aromatic N) is 2. The van der Waals surface area contributed by atoms with Gasteiger partial charge in [0.1, 0.15) is 6.04 Å². The van der Waals surface area contributed by atoms with Gasteiger partial charge in [-0.15, -0.1) is 0 Å². The lowest BCUT2D eigenvalue weighted by molar-refractivity contribution is -0.192. The number of anilines is 1. The average molecular weight is 556 g/mol. The van der Waals surface area contributed by atoms with Gasteiger partial charge < -0.3 is 20.4 Å². The number of imide groups is 2. The van der Waals surface area contributed by atoms with Crippen molar-refractivity contribution < 1.29 is 56.9 Å². The number of carbonyl (C=O) groups excluding carboxylic acids is 5. The van der Waals surface area contributed by atoms with Crippen molar-refractivity contribution in [3.05, 3.63) is 29.3 Å². The second kappa shape index (κ2) is 11.5. The van der Waals surface area contributed by atoms with E-state index in [2.05, 4.69) is 10.6 Å². The largest absolute Gasteiger partial charge is 0.490 e. The molecule has 13 nitrogen and oxygen atoms in total. The zero-order valence-electron chi connectivity index (χ0n) is 20.1. The van der Waals surface area contributed by atoms with E-state index in [4.69, 9.17) is 9.90 Å². The molecule has 3 heterocycles. The molecular formula is C23H23F3N4O9. The van der Waals surface area contributed by atoms with Crippen molar-refractivity contribution in [2.75, 3.05) is 25.0 Å². The van der Waals surface area contributed by atoms with E-state index < -0.39 is 53.7 Å². The Balaban J connectivity index is 0.000000532. The number of hydrogen-bond acceptors (Lipinski definition) is 8. The lowest BCUT2D eigenvalue weighted by Gasteiger charge is -2.31. The van der Waals surface area contributed by atoms with Gasteiger partial charge in [0.15, 0.2) is 0 Å². The summed E-state index contributed by atoms with van der Waals surface area (Å²) < 4.78 is 31.7. The summed E-state index contributed by atoms with van der Waals surface area (Å²) in [4.78, 5) is 84.6. The van der Waals surface area contributed by atoms with Crippen molar-refractivity contribution in [2.24, 2.45) is 5.92 Å². The minimum Gasteiger partial charge on any atom is -0.481 e. The van der Waals surface area contributed by atoms with Gasteiger partial charge >= 0.3 is 18.1 Å². The number of nitrogens with one attached hydrogen (secondary N) is 2. The molecule has 1 aromatic carbocycles. The van der Waals surface area contributed by atoms with Crippen LogP contribution in [0.3, 0.4) is 0 Å². The topological polar surface area (TPSA) is 190 Å². The highest BCUT2D eigenvalue weighted by molar-refractivity contribution is 6.25. The molecule has 0 saturated carbocycles. The summed E-state index contributed by atoms with van der Waals surface area (Å²) in [5.74, 6) is -7.05. The molecule has 3 aliphatic heterocycles. The van der Waals surface area contributed by atoms with Gasteiger partial charge in [-0.05, 0) is 31.4 Å². The third-order valence-electron chi connectivity index (χ3n) is 6.26. The maximum absolute atomic E-state index is 13.1. The first-order valence-electron chi connectivity index (χ1n) is 11.6. The van der Waals surface area contributed by atoms with Gasteiger partial charge in [0.25, 0.3) is 11.8 Å². The van der Waals surface area contributed by atoms with E-state index in [9.17, 15) is 47.0 Å². The number of hydrogen-bond donors (Lipinski definition) is 4. The normalized spacial score (nSPS) is 21.0. The Morgan fingerprint density at radius 2 is 1.72 bits per heavy atom. The highest BCUT2D eigenvalue weighted by Gasteiger charge is 2.45.